The van der Waals surface area contributed by atoms with E-state index >= 15 is 0 Å². The Bertz CT molecular complexity index is 1050. The molecular weight excluding hydrogens is 442 g/mol. The summed E-state index contributed by atoms with van der Waals surface area (Å²) in [5.74, 6) is 0.409. The van der Waals surface area contributed by atoms with Gasteiger partial charge in [0.1, 0.15) is 5.75 Å². The number of nitrogens with one attached hydrogen (secondary N) is 1. The molecule has 1 aliphatic heterocycles. The molecule has 10 heteroatoms. The summed E-state index contributed by atoms with van der Waals surface area (Å²) in [7, 11) is 7.56. The molecule has 3 amide bonds. The zero-order valence-electron chi connectivity index (χ0n) is 19.9. The standard InChI is InChI=1S/C24H29N3O7/c1-26(14-21(28)25-16-7-6-8-18(10-16)31-2)24(30)15-9-22(29)27(13-15)17-11-19(32-3)23(34-5)20(12-17)33-4/h6-8,10-12,15H,9,13-14H2,1-5H3,(H,25,28). The molecule has 0 radical (unpaired) electrons. The van der Waals surface area contributed by atoms with E-state index in [0.717, 1.165) is 0 Å². The van der Waals surface area contributed by atoms with E-state index in [9.17, 15) is 14.4 Å². The molecule has 3 rings (SSSR count). The molecule has 1 unspecified atom stereocenters. The number of ether oxygens (including phenoxy) is 4. The number of carbonyl (C=O) groups excluding carboxylic acids is 3. The van der Waals surface area contributed by atoms with Crippen LogP contribution < -0.4 is 29.2 Å². The number of hydrogen-bond acceptors (Lipinski definition) is 7. The molecule has 1 heterocycles. The summed E-state index contributed by atoms with van der Waals surface area (Å²) in [5.41, 5.74) is 1.10. The molecule has 1 N–H and O–H groups in total. The van der Waals surface area contributed by atoms with Crippen LogP contribution in [0.3, 0.4) is 0 Å². The highest BCUT2D eigenvalue weighted by atomic mass is 16.5. The van der Waals surface area contributed by atoms with Crippen molar-refractivity contribution in [2.75, 3.05) is 58.8 Å². The predicted molar refractivity (Wildman–Crippen MR) is 126 cm³/mol. The van der Waals surface area contributed by atoms with Gasteiger partial charge in [-0.1, -0.05) is 6.07 Å². The average molecular weight is 472 g/mol. The lowest BCUT2D eigenvalue weighted by Gasteiger charge is -2.22. The number of likely N-dealkylation sites (N-methyl/N-ethyl adjacent to an activating group) is 1. The summed E-state index contributed by atoms with van der Waals surface area (Å²) in [5, 5.41) is 2.74. The molecular formula is C24H29N3O7. The van der Waals surface area contributed by atoms with Gasteiger partial charge in [0.25, 0.3) is 0 Å². The molecule has 2 aromatic carbocycles. The topological polar surface area (TPSA) is 107 Å². The summed E-state index contributed by atoms with van der Waals surface area (Å²) >= 11 is 0. The van der Waals surface area contributed by atoms with Gasteiger partial charge in [0.2, 0.25) is 23.5 Å². The van der Waals surface area contributed by atoms with Gasteiger partial charge in [0.05, 0.1) is 46.6 Å². The molecule has 34 heavy (non-hydrogen) atoms. The van der Waals surface area contributed by atoms with Crippen molar-refractivity contribution >= 4 is 29.1 Å². The fourth-order valence-corrected chi connectivity index (χ4v) is 3.85. The van der Waals surface area contributed by atoms with E-state index in [2.05, 4.69) is 5.32 Å². The van der Waals surface area contributed by atoms with Gasteiger partial charge in [-0.3, -0.25) is 14.4 Å². The van der Waals surface area contributed by atoms with Crippen molar-refractivity contribution in [1.29, 1.82) is 0 Å². The van der Waals surface area contributed by atoms with Crippen LogP contribution in [0.25, 0.3) is 0 Å². The quantitative estimate of drug-likeness (QED) is 0.597. The molecule has 1 fully saturated rings. The summed E-state index contributed by atoms with van der Waals surface area (Å²) in [6.07, 6.45) is 0.0390. The number of carbonyl (C=O) groups is 3. The van der Waals surface area contributed by atoms with Crippen molar-refractivity contribution in [3.63, 3.8) is 0 Å². The number of nitrogens with zero attached hydrogens (tertiary/aromatic N) is 2. The van der Waals surface area contributed by atoms with Crippen LogP contribution in [0.5, 0.6) is 23.0 Å². The van der Waals surface area contributed by atoms with Crippen LogP contribution in [0, 0.1) is 5.92 Å². The first kappa shape index (κ1) is 24.7. The first-order valence-electron chi connectivity index (χ1n) is 10.6. The Kier molecular flexibility index (Phi) is 7.83. The van der Waals surface area contributed by atoms with Crippen molar-refractivity contribution in [2.24, 2.45) is 5.92 Å². The van der Waals surface area contributed by atoms with Gasteiger partial charge in [-0.15, -0.1) is 0 Å². The van der Waals surface area contributed by atoms with E-state index in [1.807, 2.05) is 0 Å². The van der Waals surface area contributed by atoms with Gasteiger partial charge in [-0.25, -0.2) is 0 Å². The SMILES string of the molecule is COc1cccc(NC(=O)CN(C)C(=O)C2CC(=O)N(c3cc(OC)c(OC)c(OC)c3)C2)c1. The Morgan fingerprint density at radius 2 is 1.71 bits per heavy atom. The van der Waals surface area contributed by atoms with Gasteiger partial charge in [0.15, 0.2) is 11.5 Å². The van der Waals surface area contributed by atoms with E-state index in [1.54, 1.807) is 43.4 Å². The van der Waals surface area contributed by atoms with E-state index in [-0.39, 0.29) is 37.2 Å². The number of methoxy groups -OCH3 is 4. The van der Waals surface area contributed by atoms with E-state index in [1.165, 1.54) is 38.2 Å². The number of hydrogen-bond donors (Lipinski definition) is 1. The smallest absolute Gasteiger partial charge is 0.243 e. The Morgan fingerprint density at radius 1 is 1.03 bits per heavy atom. The van der Waals surface area contributed by atoms with Crippen molar-refractivity contribution in [3.8, 4) is 23.0 Å². The van der Waals surface area contributed by atoms with E-state index in [0.29, 0.717) is 34.4 Å². The highest BCUT2D eigenvalue weighted by Crippen LogP contribution is 2.42. The third kappa shape index (κ3) is 5.33. The molecule has 0 aromatic heterocycles. The monoisotopic (exact) mass is 471 g/mol. The van der Waals surface area contributed by atoms with Crippen LogP contribution in [0.2, 0.25) is 0 Å². The van der Waals surface area contributed by atoms with Crippen molar-refractivity contribution in [2.45, 2.75) is 6.42 Å². The highest BCUT2D eigenvalue weighted by Gasteiger charge is 2.37. The summed E-state index contributed by atoms with van der Waals surface area (Å²) in [4.78, 5) is 41.0. The van der Waals surface area contributed by atoms with E-state index < -0.39 is 5.92 Å². The second kappa shape index (κ2) is 10.8. The zero-order chi connectivity index (χ0) is 24.8. The molecule has 0 bridgehead atoms. The maximum Gasteiger partial charge on any atom is 0.243 e. The zero-order valence-corrected chi connectivity index (χ0v) is 19.9. The number of rotatable bonds is 9. The van der Waals surface area contributed by atoms with Crippen LogP contribution in [-0.2, 0) is 14.4 Å². The largest absolute Gasteiger partial charge is 0.497 e. The van der Waals surface area contributed by atoms with Crippen LogP contribution in [0.15, 0.2) is 36.4 Å². The van der Waals surface area contributed by atoms with Crippen LogP contribution in [0.4, 0.5) is 11.4 Å². The van der Waals surface area contributed by atoms with Gasteiger partial charge in [-0.05, 0) is 12.1 Å². The predicted octanol–water partition coefficient (Wildman–Crippen LogP) is 2.17. The second-order valence-electron chi connectivity index (χ2n) is 7.76. The Labute approximate surface area is 198 Å². The first-order valence-corrected chi connectivity index (χ1v) is 10.6. The van der Waals surface area contributed by atoms with Crippen LogP contribution in [0.1, 0.15) is 6.42 Å². The molecule has 2 aromatic rings. The normalized spacial score (nSPS) is 15.0. The number of amides is 3. The Morgan fingerprint density at radius 3 is 2.29 bits per heavy atom. The minimum Gasteiger partial charge on any atom is -0.497 e. The maximum absolute atomic E-state index is 13.0. The lowest BCUT2D eigenvalue weighted by molar-refractivity contribution is -0.137. The fourth-order valence-electron chi connectivity index (χ4n) is 3.85. The van der Waals surface area contributed by atoms with Crippen molar-refractivity contribution in [1.82, 2.24) is 4.90 Å². The van der Waals surface area contributed by atoms with Gasteiger partial charge in [-0.2, -0.15) is 0 Å². The molecule has 0 spiro atoms. The summed E-state index contributed by atoms with van der Waals surface area (Å²) < 4.78 is 21.2. The van der Waals surface area contributed by atoms with Crippen LogP contribution in [-0.4, -0.2) is 71.2 Å². The van der Waals surface area contributed by atoms with E-state index in [4.69, 9.17) is 18.9 Å². The number of anilines is 2. The molecule has 1 saturated heterocycles. The third-order valence-electron chi connectivity index (χ3n) is 5.55. The molecule has 1 atom stereocenters. The maximum atomic E-state index is 13.0. The average Bonchev–Trinajstić information content (AvgIpc) is 3.23. The summed E-state index contributed by atoms with van der Waals surface area (Å²) in [6.45, 7) is 0.0308. The highest BCUT2D eigenvalue weighted by molar-refractivity contribution is 6.01. The molecule has 182 valence electrons. The molecule has 0 aliphatic carbocycles. The summed E-state index contributed by atoms with van der Waals surface area (Å²) in [6, 6.07) is 10.3. The number of benzene rings is 2. The van der Waals surface area contributed by atoms with Crippen LogP contribution >= 0.6 is 0 Å². The lowest BCUT2D eigenvalue weighted by atomic mass is 10.1. The second-order valence-corrected chi connectivity index (χ2v) is 7.76. The minimum absolute atomic E-state index is 0.0390. The first-order chi connectivity index (χ1) is 16.3. The minimum atomic E-state index is -0.582. The lowest BCUT2D eigenvalue weighted by Crippen LogP contribution is -2.39. The Balaban J connectivity index is 1.67. The third-order valence-corrected chi connectivity index (χ3v) is 5.55. The van der Waals surface area contributed by atoms with Crippen molar-refractivity contribution < 1.29 is 33.3 Å². The Hall–Kier alpha value is -3.95. The van der Waals surface area contributed by atoms with Gasteiger partial charge in [0, 0.05) is 43.9 Å². The molecule has 10 nitrogen and oxygen atoms in total. The fraction of sp³-hybridized carbons (Fsp3) is 0.375. The molecule has 0 saturated carbocycles. The van der Waals surface area contributed by atoms with Gasteiger partial charge >= 0.3 is 0 Å². The van der Waals surface area contributed by atoms with Crippen molar-refractivity contribution in [3.05, 3.63) is 36.4 Å². The van der Waals surface area contributed by atoms with Gasteiger partial charge < -0.3 is 34.1 Å². The molecule has 1 aliphatic rings.